The number of hydrazine groups is 1. The summed E-state index contributed by atoms with van der Waals surface area (Å²) in [4.78, 5) is 54.0. The van der Waals surface area contributed by atoms with Gasteiger partial charge in [-0.05, 0) is 75.2 Å². The first-order valence-electron chi connectivity index (χ1n) is 13.2. The number of aryl methyl sites for hydroxylation is 1. The van der Waals surface area contributed by atoms with Gasteiger partial charge in [0.05, 0.1) is 22.4 Å². The van der Waals surface area contributed by atoms with Crippen molar-refractivity contribution < 1.29 is 31.8 Å². The zero-order valence-electron chi connectivity index (χ0n) is 22.8. The van der Waals surface area contributed by atoms with E-state index in [4.69, 9.17) is 15.8 Å². The van der Waals surface area contributed by atoms with Crippen LogP contribution in [0.5, 0.6) is 5.75 Å². The molecule has 3 aromatic rings. The summed E-state index contributed by atoms with van der Waals surface area (Å²) in [5.74, 6) is -3.72. The van der Waals surface area contributed by atoms with Gasteiger partial charge in [0.25, 0.3) is 17.7 Å². The summed E-state index contributed by atoms with van der Waals surface area (Å²) in [7, 11) is -4.10. The summed E-state index contributed by atoms with van der Waals surface area (Å²) >= 11 is 6.27. The van der Waals surface area contributed by atoms with Crippen LogP contribution in [0.2, 0.25) is 5.02 Å². The van der Waals surface area contributed by atoms with Crippen LogP contribution in [-0.2, 0) is 19.7 Å². The molecule has 3 amide bonds. The predicted octanol–water partition coefficient (Wildman–Crippen LogP) is 5.00. The second-order valence-electron chi connectivity index (χ2n) is 10.3. The highest BCUT2D eigenvalue weighted by atomic mass is 35.5. The van der Waals surface area contributed by atoms with E-state index in [0.29, 0.717) is 12.8 Å². The van der Waals surface area contributed by atoms with E-state index < -0.39 is 52.0 Å². The molecular weight excluding hydrogens is 580 g/mol. The molecule has 2 aliphatic rings. The number of ketones is 1. The smallest absolute Gasteiger partial charge is 0.339 e. The van der Waals surface area contributed by atoms with Crippen molar-refractivity contribution in [1.82, 2.24) is 10.0 Å². The molecule has 0 saturated carbocycles. The van der Waals surface area contributed by atoms with E-state index in [9.17, 15) is 27.6 Å². The van der Waals surface area contributed by atoms with Crippen molar-refractivity contribution in [3.8, 4) is 5.75 Å². The molecule has 0 unspecified atom stereocenters. The lowest BCUT2D eigenvalue weighted by Gasteiger charge is -2.30. The molecule has 42 heavy (non-hydrogen) atoms. The Hall–Kier alpha value is -4.28. The number of hydrogen-bond donors (Lipinski definition) is 0. The number of carbonyl (C=O) groups is 4. The molecule has 1 heterocycles. The number of halogens is 1. The normalized spacial score (nSPS) is 18.4. The first-order valence-corrected chi connectivity index (χ1v) is 15.0. The summed E-state index contributed by atoms with van der Waals surface area (Å²) in [6, 6.07) is 17.7. The lowest BCUT2D eigenvalue weighted by molar-refractivity contribution is -0.154. The van der Waals surface area contributed by atoms with E-state index in [1.807, 2.05) is 19.9 Å². The van der Waals surface area contributed by atoms with Gasteiger partial charge in [0.1, 0.15) is 17.2 Å². The van der Waals surface area contributed by atoms with Gasteiger partial charge in [0.2, 0.25) is 0 Å². The summed E-state index contributed by atoms with van der Waals surface area (Å²) in [6.07, 6.45) is 2.66. The monoisotopic (exact) mass is 606 g/mol. The number of nitrogens with zero attached hydrogens (tertiary/aromatic N) is 2. The summed E-state index contributed by atoms with van der Waals surface area (Å²) in [5.41, 5.74) is 2.01. The van der Waals surface area contributed by atoms with Crippen molar-refractivity contribution in [3.63, 3.8) is 0 Å². The van der Waals surface area contributed by atoms with Crippen LogP contribution in [0.25, 0.3) is 0 Å². The quantitative estimate of drug-likeness (QED) is 0.153. The van der Waals surface area contributed by atoms with Crippen LogP contribution in [0.3, 0.4) is 0 Å². The molecule has 1 aliphatic heterocycles. The Balaban J connectivity index is 1.40. The van der Waals surface area contributed by atoms with Crippen molar-refractivity contribution in [2.45, 2.75) is 31.6 Å². The van der Waals surface area contributed by atoms with Gasteiger partial charge in [0, 0.05) is 5.56 Å². The predicted molar refractivity (Wildman–Crippen MR) is 154 cm³/mol. The molecule has 3 aromatic carbocycles. The largest absolute Gasteiger partial charge is 0.379 e. The van der Waals surface area contributed by atoms with Crippen LogP contribution in [0.1, 0.15) is 46.0 Å². The second kappa shape index (κ2) is 11.5. The minimum atomic E-state index is -4.10. The van der Waals surface area contributed by atoms with Crippen molar-refractivity contribution in [2.75, 3.05) is 6.54 Å². The third kappa shape index (κ3) is 5.73. The highest BCUT2D eigenvalue weighted by Crippen LogP contribution is 2.39. The fourth-order valence-electron chi connectivity index (χ4n) is 5.07. The number of hydrogen-bond acceptors (Lipinski definition) is 7. The molecule has 1 aliphatic carbocycles. The summed E-state index contributed by atoms with van der Waals surface area (Å²) in [5, 5.41) is 1.75. The third-order valence-corrected chi connectivity index (χ3v) is 8.96. The topological polar surface area (TPSA) is 118 Å². The number of fused-ring (bicyclic) bond motifs is 1. The average Bonchev–Trinajstić information content (AvgIpc) is 3.20. The van der Waals surface area contributed by atoms with Gasteiger partial charge in [-0.15, -0.1) is 0 Å². The maximum Gasteiger partial charge on any atom is 0.339 e. The molecule has 1 fully saturated rings. The number of carbonyl (C=O) groups excluding carboxylic acids is 4. The molecule has 0 aromatic heterocycles. The molecule has 216 valence electrons. The standard InChI is InChI=1S/C31H27ClN2O7S/c1-19-7-14-23(15-8-19)42(39,40)41-22-12-10-21(11-13-22)28(35)18-33(29(36)25-5-3-4-6-27(25)32)34-30(37)24-16-9-20(2)17-26(24)31(34)38/h3-15,24,26H,16-18H2,1-2H3/t24-,26+/m0/s1. The van der Waals surface area contributed by atoms with Crippen LogP contribution in [0.4, 0.5) is 0 Å². The van der Waals surface area contributed by atoms with Gasteiger partial charge in [-0.1, -0.05) is 53.1 Å². The van der Waals surface area contributed by atoms with E-state index in [1.54, 1.807) is 24.3 Å². The maximum atomic E-state index is 13.7. The van der Waals surface area contributed by atoms with E-state index in [2.05, 4.69) is 0 Å². The molecule has 9 nitrogen and oxygen atoms in total. The van der Waals surface area contributed by atoms with Gasteiger partial charge in [0.15, 0.2) is 5.78 Å². The summed E-state index contributed by atoms with van der Waals surface area (Å²) < 4.78 is 30.5. The van der Waals surface area contributed by atoms with Crippen molar-refractivity contribution in [2.24, 2.45) is 11.8 Å². The zero-order valence-corrected chi connectivity index (χ0v) is 24.4. The second-order valence-corrected chi connectivity index (χ2v) is 12.3. The van der Waals surface area contributed by atoms with E-state index in [-0.39, 0.29) is 26.8 Å². The van der Waals surface area contributed by atoms with Crippen molar-refractivity contribution >= 4 is 45.2 Å². The Kier molecular flexibility index (Phi) is 8.03. The molecule has 0 bridgehead atoms. The van der Waals surface area contributed by atoms with E-state index in [0.717, 1.165) is 21.2 Å². The van der Waals surface area contributed by atoms with Gasteiger partial charge in [-0.3, -0.25) is 19.2 Å². The number of rotatable bonds is 8. The molecule has 1 saturated heterocycles. The van der Waals surface area contributed by atoms with Crippen LogP contribution in [0.15, 0.2) is 89.3 Å². The number of allylic oxidation sites excluding steroid dienone is 2. The minimum Gasteiger partial charge on any atom is -0.379 e. The Bertz CT molecular complexity index is 1720. The first-order chi connectivity index (χ1) is 20.0. The van der Waals surface area contributed by atoms with Gasteiger partial charge >= 0.3 is 10.1 Å². The minimum absolute atomic E-state index is 0.0204. The maximum absolute atomic E-state index is 13.7. The Labute approximate surface area is 248 Å². The SMILES string of the molecule is CC1=CC[C@@H]2C(=O)N(N(CC(=O)c3ccc(OS(=O)(=O)c4ccc(C)cc4)cc3)C(=O)c3ccccc3Cl)C(=O)[C@@H]2C1. The highest BCUT2D eigenvalue weighted by Gasteiger charge is 2.51. The third-order valence-electron chi connectivity index (χ3n) is 7.37. The zero-order chi connectivity index (χ0) is 30.2. The average molecular weight is 607 g/mol. The molecule has 5 rings (SSSR count). The van der Waals surface area contributed by atoms with E-state index >= 15 is 0 Å². The number of Topliss-reactive ketones (excluding diaryl/α,β-unsaturated/α-hetero) is 1. The Morgan fingerprint density at radius 1 is 0.929 bits per heavy atom. The molecule has 0 radical (unpaired) electrons. The summed E-state index contributed by atoms with van der Waals surface area (Å²) in [6.45, 7) is 3.08. The van der Waals surface area contributed by atoms with Crippen LogP contribution < -0.4 is 4.18 Å². The lowest BCUT2D eigenvalue weighted by Crippen LogP contribution is -2.52. The molecule has 0 spiro atoms. The number of amides is 3. The van der Waals surface area contributed by atoms with Gasteiger partial charge in [-0.25, -0.2) is 5.01 Å². The van der Waals surface area contributed by atoms with Crippen molar-refractivity contribution in [3.05, 3.63) is 106 Å². The van der Waals surface area contributed by atoms with E-state index in [1.165, 1.54) is 48.5 Å². The fraction of sp³-hybridized carbons (Fsp3) is 0.226. The van der Waals surface area contributed by atoms with Gasteiger partial charge < -0.3 is 4.18 Å². The Morgan fingerprint density at radius 3 is 2.24 bits per heavy atom. The Morgan fingerprint density at radius 2 is 1.57 bits per heavy atom. The highest BCUT2D eigenvalue weighted by molar-refractivity contribution is 7.87. The molecular formula is C31H27ClN2O7S. The lowest BCUT2D eigenvalue weighted by atomic mass is 9.82. The molecule has 0 N–H and O–H groups in total. The molecule has 2 atom stereocenters. The van der Waals surface area contributed by atoms with Crippen LogP contribution >= 0.6 is 11.6 Å². The number of benzene rings is 3. The first kappa shape index (κ1) is 29.2. The van der Waals surface area contributed by atoms with Crippen LogP contribution in [0, 0.1) is 18.8 Å². The fourth-order valence-corrected chi connectivity index (χ4v) is 6.22. The number of imide groups is 1. The van der Waals surface area contributed by atoms with Crippen molar-refractivity contribution in [1.29, 1.82) is 0 Å². The van der Waals surface area contributed by atoms with Gasteiger partial charge in [-0.2, -0.15) is 13.4 Å². The van der Waals surface area contributed by atoms with Crippen LogP contribution in [-0.4, -0.2) is 48.5 Å². The molecule has 11 heteroatoms.